The van der Waals surface area contributed by atoms with Crippen LogP contribution in [0.5, 0.6) is 0 Å². The summed E-state index contributed by atoms with van der Waals surface area (Å²) < 4.78 is 31.4. The number of halogens is 2. The molecule has 1 N–H and O–H groups in total. The lowest BCUT2D eigenvalue weighted by atomic mass is 9.86. The average Bonchev–Trinajstić information content (AvgIpc) is 3.02. The minimum absolute atomic E-state index is 0.0286. The molecule has 2 aliphatic rings. The van der Waals surface area contributed by atoms with Crippen molar-refractivity contribution in [3.8, 4) is 0 Å². The number of hydrogen-bond acceptors (Lipinski definition) is 5. The predicted molar refractivity (Wildman–Crippen MR) is 78.4 cm³/mol. The van der Waals surface area contributed by atoms with Gasteiger partial charge in [-0.05, 0) is 12.8 Å². The topological polar surface area (TPSA) is 97.5 Å². The Balaban J connectivity index is 1.51. The van der Waals surface area contributed by atoms with Gasteiger partial charge in [0, 0.05) is 31.1 Å². The Morgan fingerprint density at radius 3 is 2.79 bits per heavy atom. The van der Waals surface area contributed by atoms with Crippen molar-refractivity contribution in [3.05, 3.63) is 23.9 Å². The molecule has 1 aromatic rings. The number of aliphatic imine (C=N–C) groups is 1. The van der Waals surface area contributed by atoms with Crippen molar-refractivity contribution in [3.63, 3.8) is 0 Å². The van der Waals surface area contributed by atoms with Crippen molar-refractivity contribution in [1.82, 2.24) is 15.5 Å². The summed E-state index contributed by atoms with van der Waals surface area (Å²) in [6.45, 7) is 0.0286. The SMILES string of the molecule is O=C1C=CC(C(=O)NCc2nc(C3CCC(F)(F)CC3)no2)C=N1. The minimum atomic E-state index is -2.60. The Bertz CT molecular complexity index is 673. The lowest BCUT2D eigenvalue weighted by Gasteiger charge is -2.26. The van der Waals surface area contributed by atoms with Crippen molar-refractivity contribution in [2.24, 2.45) is 10.9 Å². The third-order valence-electron chi connectivity index (χ3n) is 4.09. The van der Waals surface area contributed by atoms with Crippen LogP contribution in [0.2, 0.25) is 0 Å². The number of nitrogens with zero attached hydrogens (tertiary/aromatic N) is 3. The summed E-state index contributed by atoms with van der Waals surface area (Å²) in [7, 11) is 0. The van der Waals surface area contributed by atoms with Crippen LogP contribution in [0.25, 0.3) is 0 Å². The van der Waals surface area contributed by atoms with Gasteiger partial charge < -0.3 is 9.84 Å². The Morgan fingerprint density at radius 1 is 1.38 bits per heavy atom. The maximum atomic E-state index is 13.2. The van der Waals surface area contributed by atoms with E-state index in [-0.39, 0.29) is 37.1 Å². The van der Waals surface area contributed by atoms with E-state index in [1.54, 1.807) is 0 Å². The molecule has 2 heterocycles. The van der Waals surface area contributed by atoms with Gasteiger partial charge in [-0.1, -0.05) is 11.2 Å². The van der Waals surface area contributed by atoms with Crippen LogP contribution in [0.15, 0.2) is 21.7 Å². The zero-order chi connectivity index (χ0) is 17.2. The number of carbonyl (C=O) groups excluding carboxylic acids is 2. The zero-order valence-corrected chi connectivity index (χ0v) is 12.7. The van der Waals surface area contributed by atoms with Gasteiger partial charge in [-0.3, -0.25) is 9.59 Å². The van der Waals surface area contributed by atoms with Crippen LogP contribution in [0.1, 0.15) is 43.3 Å². The molecule has 1 aliphatic carbocycles. The molecule has 1 aromatic heterocycles. The maximum absolute atomic E-state index is 13.2. The summed E-state index contributed by atoms with van der Waals surface area (Å²) in [5.74, 6) is -3.50. The van der Waals surface area contributed by atoms with Crippen molar-refractivity contribution < 1.29 is 22.9 Å². The van der Waals surface area contributed by atoms with E-state index >= 15 is 0 Å². The number of aromatic nitrogens is 2. The van der Waals surface area contributed by atoms with Crippen LogP contribution in [-0.4, -0.2) is 34.1 Å². The molecule has 1 fully saturated rings. The summed E-state index contributed by atoms with van der Waals surface area (Å²) in [6, 6.07) is 0. The minimum Gasteiger partial charge on any atom is -0.346 e. The number of alkyl halides is 2. The number of amides is 2. The molecule has 7 nitrogen and oxygen atoms in total. The molecular formula is C15H16F2N4O3. The van der Waals surface area contributed by atoms with Crippen LogP contribution < -0.4 is 5.32 Å². The van der Waals surface area contributed by atoms with Gasteiger partial charge in [-0.2, -0.15) is 4.98 Å². The largest absolute Gasteiger partial charge is 0.346 e. The Labute approximate surface area is 136 Å². The summed E-state index contributed by atoms with van der Waals surface area (Å²) in [5.41, 5.74) is 0. The number of carbonyl (C=O) groups is 2. The van der Waals surface area contributed by atoms with Crippen LogP contribution in [-0.2, 0) is 16.1 Å². The van der Waals surface area contributed by atoms with Crippen LogP contribution >= 0.6 is 0 Å². The molecule has 24 heavy (non-hydrogen) atoms. The van der Waals surface area contributed by atoms with Crippen LogP contribution in [0.4, 0.5) is 8.78 Å². The van der Waals surface area contributed by atoms with E-state index in [4.69, 9.17) is 4.52 Å². The van der Waals surface area contributed by atoms with E-state index in [1.165, 1.54) is 18.4 Å². The fourth-order valence-corrected chi connectivity index (χ4v) is 2.67. The molecule has 9 heteroatoms. The van der Waals surface area contributed by atoms with E-state index in [9.17, 15) is 18.4 Å². The fourth-order valence-electron chi connectivity index (χ4n) is 2.67. The number of rotatable bonds is 4. The molecule has 0 saturated heterocycles. The molecule has 128 valence electrons. The van der Waals surface area contributed by atoms with Crippen molar-refractivity contribution in [1.29, 1.82) is 0 Å². The highest BCUT2D eigenvalue weighted by Crippen LogP contribution is 2.39. The smallest absolute Gasteiger partial charge is 0.269 e. The van der Waals surface area contributed by atoms with Gasteiger partial charge in [0.15, 0.2) is 5.82 Å². The molecule has 1 unspecified atom stereocenters. The Kier molecular flexibility index (Phi) is 4.50. The van der Waals surface area contributed by atoms with Crippen molar-refractivity contribution in [2.75, 3.05) is 0 Å². The first-order valence-corrected chi connectivity index (χ1v) is 7.67. The highest BCUT2D eigenvalue weighted by molar-refractivity contribution is 6.05. The Hall–Kier alpha value is -2.45. The first-order valence-electron chi connectivity index (χ1n) is 7.67. The molecule has 0 aromatic carbocycles. The second-order valence-corrected chi connectivity index (χ2v) is 5.90. The highest BCUT2D eigenvalue weighted by atomic mass is 19.3. The molecule has 1 aliphatic heterocycles. The second kappa shape index (κ2) is 6.58. The molecule has 2 amide bonds. The third-order valence-corrected chi connectivity index (χ3v) is 4.09. The van der Waals surface area contributed by atoms with E-state index in [1.807, 2.05) is 0 Å². The Morgan fingerprint density at radius 2 is 2.12 bits per heavy atom. The molecular weight excluding hydrogens is 322 g/mol. The van der Waals surface area contributed by atoms with Gasteiger partial charge >= 0.3 is 0 Å². The van der Waals surface area contributed by atoms with Gasteiger partial charge in [-0.25, -0.2) is 13.8 Å². The lowest BCUT2D eigenvalue weighted by molar-refractivity contribution is -0.122. The van der Waals surface area contributed by atoms with Crippen LogP contribution in [0, 0.1) is 5.92 Å². The van der Waals surface area contributed by atoms with E-state index in [0.717, 1.165) is 0 Å². The molecule has 0 radical (unpaired) electrons. The first kappa shape index (κ1) is 16.4. The first-order chi connectivity index (χ1) is 11.4. The quantitative estimate of drug-likeness (QED) is 0.902. The summed E-state index contributed by atoms with van der Waals surface area (Å²) in [5, 5.41) is 6.42. The van der Waals surface area contributed by atoms with Crippen LogP contribution in [0.3, 0.4) is 0 Å². The van der Waals surface area contributed by atoms with E-state index < -0.39 is 17.7 Å². The summed E-state index contributed by atoms with van der Waals surface area (Å²) in [4.78, 5) is 30.5. The summed E-state index contributed by atoms with van der Waals surface area (Å²) in [6.07, 6.45) is 4.22. The molecule has 0 spiro atoms. The van der Waals surface area contributed by atoms with Gasteiger partial charge in [0.2, 0.25) is 17.7 Å². The number of dihydropyridines is 1. The normalized spacial score (nSPS) is 23.4. The van der Waals surface area contributed by atoms with E-state index in [2.05, 4.69) is 20.4 Å². The third kappa shape index (κ3) is 3.90. The van der Waals surface area contributed by atoms with E-state index in [0.29, 0.717) is 18.7 Å². The van der Waals surface area contributed by atoms with Gasteiger partial charge in [-0.15, -0.1) is 0 Å². The lowest BCUT2D eigenvalue weighted by Crippen LogP contribution is -2.31. The fraction of sp³-hybridized carbons (Fsp3) is 0.533. The number of hydrogen-bond donors (Lipinski definition) is 1. The number of nitrogens with one attached hydrogen (secondary N) is 1. The highest BCUT2D eigenvalue weighted by Gasteiger charge is 2.37. The van der Waals surface area contributed by atoms with Crippen molar-refractivity contribution in [2.45, 2.75) is 44.1 Å². The molecule has 0 bridgehead atoms. The molecule has 1 saturated carbocycles. The zero-order valence-electron chi connectivity index (χ0n) is 12.7. The van der Waals surface area contributed by atoms with Gasteiger partial charge in [0.05, 0.1) is 12.5 Å². The van der Waals surface area contributed by atoms with Gasteiger partial charge in [0.1, 0.15) is 0 Å². The monoisotopic (exact) mass is 338 g/mol. The second-order valence-electron chi connectivity index (χ2n) is 5.90. The average molecular weight is 338 g/mol. The standard InChI is InChI=1S/C15H16F2N4O3/c16-15(17)5-3-9(4-6-15)13-20-12(24-21-13)8-19-14(23)10-1-2-11(22)18-7-10/h1-2,7,9-10H,3-6,8H2,(H,19,23). The van der Waals surface area contributed by atoms with Crippen molar-refractivity contribution >= 4 is 18.0 Å². The molecule has 1 atom stereocenters. The van der Waals surface area contributed by atoms with Gasteiger partial charge in [0.25, 0.3) is 5.91 Å². The predicted octanol–water partition coefficient (Wildman–Crippen LogP) is 1.76. The molecule has 3 rings (SSSR count). The maximum Gasteiger partial charge on any atom is 0.269 e. The summed E-state index contributed by atoms with van der Waals surface area (Å²) >= 11 is 0.